The number of allylic oxidation sites excluding steroid dienone is 2. The lowest BCUT2D eigenvalue weighted by Gasteiger charge is -2.02. The lowest BCUT2D eigenvalue weighted by Crippen LogP contribution is -1.80. The number of hydrogen-bond acceptors (Lipinski definition) is 1. The second-order valence-electron chi connectivity index (χ2n) is 4.63. The van der Waals surface area contributed by atoms with Gasteiger partial charge in [0.1, 0.15) is 0 Å². The molecule has 0 bridgehead atoms. The van der Waals surface area contributed by atoms with Crippen molar-refractivity contribution in [1.82, 2.24) is 0 Å². The molecule has 1 aromatic heterocycles. The van der Waals surface area contributed by atoms with E-state index in [-0.39, 0.29) is 0 Å². The molecule has 90 valence electrons. The van der Waals surface area contributed by atoms with Crippen LogP contribution in [0.5, 0.6) is 0 Å². The minimum atomic E-state index is 1.24. The molecule has 0 radical (unpaired) electrons. The van der Waals surface area contributed by atoms with Crippen LogP contribution in [0, 0.1) is 0 Å². The molecule has 0 unspecified atom stereocenters. The van der Waals surface area contributed by atoms with Crippen LogP contribution >= 0.6 is 11.3 Å². The normalized spacial score (nSPS) is 15.2. The summed E-state index contributed by atoms with van der Waals surface area (Å²) in [5, 5.41) is 4.27. The highest BCUT2D eigenvalue weighted by atomic mass is 32.1. The molecule has 0 nitrogen and oxygen atoms in total. The summed E-state index contributed by atoms with van der Waals surface area (Å²) in [5.74, 6) is 0. The predicted octanol–water partition coefficient (Wildman–Crippen LogP) is 5.49. The van der Waals surface area contributed by atoms with Gasteiger partial charge in [-0.15, -0.1) is 0 Å². The van der Waals surface area contributed by atoms with Crippen LogP contribution in [0.2, 0.25) is 0 Å². The Morgan fingerprint density at radius 2 is 1.78 bits per heavy atom. The molecule has 1 heteroatoms. The number of rotatable bonds is 3. The zero-order chi connectivity index (χ0) is 12.2. The van der Waals surface area contributed by atoms with Crippen LogP contribution in [0.1, 0.15) is 36.0 Å². The first-order valence-corrected chi connectivity index (χ1v) is 7.36. The van der Waals surface area contributed by atoms with Crippen LogP contribution in [0.4, 0.5) is 0 Å². The number of hydrogen-bond donors (Lipinski definition) is 0. The van der Waals surface area contributed by atoms with Crippen LogP contribution < -0.4 is 0 Å². The fraction of sp³-hybridized carbons (Fsp3) is 0.176. The molecular weight excluding hydrogens is 236 g/mol. The Balaban J connectivity index is 1.75. The molecular formula is C17H16S. The molecule has 1 aliphatic carbocycles. The Morgan fingerprint density at radius 3 is 2.44 bits per heavy atom. The van der Waals surface area contributed by atoms with Gasteiger partial charge in [-0.3, -0.25) is 0 Å². The van der Waals surface area contributed by atoms with Gasteiger partial charge in [-0.05, 0) is 58.4 Å². The van der Waals surface area contributed by atoms with Gasteiger partial charge in [-0.1, -0.05) is 42.5 Å². The van der Waals surface area contributed by atoms with Gasteiger partial charge in [0, 0.05) is 0 Å². The lowest BCUT2D eigenvalue weighted by atomic mass is 10.0. The molecule has 0 aliphatic heterocycles. The highest BCUT2D eigenvalue weighted by Crippen LogP contribution is 2.27. The summed E-state index contributed by atoms with van der Waals surface area (Å²) >= 11 is 1.74. The minimum absolute atomic E-state index is 1.24. The van der Waals surface area contributed by atoms with Crippen molar-refractivity contribution >= 4 is 29.1 Å². The van der Waals surface area contributed by atoms with Crippen molar-refractivity contribution in [2.75, 3.05) is 0 Å². The van der Waals surface area contributed by atoms with Gasteiger partial charge in [0.05, 0.1) is 0 Å². The van der Waals surface area contributed by atoms with Gasteiger partial charge < -0.3 is 0 Å². The van der Waals surface area contributed by atoms with E-state index in [2.05, 4.69) is 59.3 Å². The lowest BCUT2D eigenvalue weighted by molar-refractivity contribution is 0.935. The van der Waals surface area contributed by atoms with Crippen LogP contribution in [0.15, 0.2) is 47.2 Å². The first kappa shape index (κ1) is 11.5. The quantitative estimate of drug-likeness (QED) is 0.678. The van der Waals surface area contributed by atoms with Crippen molar-refractivity contribution in [3.05, 3.63) is 63.9 Å². The molecule has 0 amide bonds. The van der Waals surface area contributed by atoms with Crippen molar-refractivity contribution < 1.29 is 0 Å². The van der Waals surface area contributed by atoms with E-state index in [0.717, 1.165) is 0 Å². The molecule has 0 N–H and O–H groups in total. The summed E-state index contributed by atoms with van der Waals surface area (Å²) < 4.78 is 0. The third kappa shape index (κ3) is 2.62. The molecule has 1 heterocycles. The van der Waals surface area contributed by atoms with E-state index >= 15 is 0 Å². The van der Waals surface area contributed by atoms with Crippen molar-refractivity contribution in [2.24, 2.45) is 0 Å². The third-order valence-corrected chi connectivity index (χ3v) is 4.04. The maximum absolute atomic E-state index is 2.37. The second kappa shape index (κ2) is 5.36. The summed E-state index contributed by atoms with van der Waals surface area (Å²) in [6.45, 7) is 0. The Kier molecular flexibility index (Phi) is 3.42. The SMILES string of the molecule is C1=C(c2ccc(/C=C/c3ccsc3)cc2)CCC1. The Hall–Kier alpha value is -1.60. The van der Waals surface area contributed by atoms with E-state index < -0.39 is 0 Å². The summed E-state index contributed by atoms with van der Waals surface area (Å²) in [6.07, 6.45) is 10.5. The van der Waals surface area contributed by atoms with Crippen LogP contribution in [0.25, 0.3) is 17.7 Å². The summed E-state index contributed by atoms with van der Waals surface area (Å²) in [4.78, 5) is 0. The molecule has 1 aromatic carbocycles. The Labute approximate surface area is 112 Å². The standard InChI is InChI=1S/C17H16S/c1-2-4-16(3-1)17-9-7-14(8-10-17)5-6-15-11-12-18-13-15/h3,5-13H,1-2,4H2/b6-5+. The Morgan fingerprint density at radius 1 is 0.944 bits per heavy atom. The van der Waals surface area contributed by atoms with Gasteiger partial charge in [-0.25, -0.2) is 0 Å². The average molecular weight is 252 g/mol. The van der Waals surface area contributed by atoms with Gasteiger partial charge in [0.2, 0.25) is 0 Å². The van der Waals surface area contributed by atoms with E-state index in [0.29, 0.717) is 0 Å². The highest BCUT2D eigenvalue weighted by molar-refractivity contribution is 7.08. The van der Waals surface area contributed by atoms with Crippen LogP contribution in [-0.2, 0) is 0 Å². The third-order valence-electron chi connectivity index (χ3n) is 3.33. The number of thiophene rings is 1. The molecule has 1 aliphatic rings. The van der Waals surface area contributed by atoms with Crippen LogP contribution in [-0.4, -0.2) is 0 Å². The maximum atomic E-state index is 2.37. The molecule has 3 rings (SSSR count). The van der Waals surface area contributed by atoms with Gasteiger partial charge >= 0.3 is 0 Å². The van der Waals surface area contributed by atoms with E-state index in [1.54, 1.807) is 11.3 Å². The van der Waals surface area contributed by atoms with E-state index in [1.807, 2.05) is 0 Å². The summed E-state index contributed by atoms with van der Waals surface area (Å²) in [6, 6.07) is 11.0. The van der Waals surface area contributed by atoms with Crippen molar-refractivity contribution in [2.45, 2.75) is 19.3 Å². The Bertz CT molecular complexity index is 556. The molecule has 18 heavy (non-hydrogen) atoms. The fourth-order valence-electron chi connectivity index (χ4n) is 2.30. The summed E-state index contributed by atoms with van der Waals surface area (Å²) in [7, 11) is 0. The first-order chi connectivity index (χ1) is 8.92. The van der Waals surface area contributed by atoms with E-state index in [1.165, 1.54) is 41.5 Å². The molecule has 0 saturated carbocycles. The zero-order valence-corrected chi connectivity index (χ0v) is 11.1. The molecule has 2 aromatic rings. The molecule has 0 spiro atoms. The monoisotopic (exact) mass is 252 g/mol. The number of benzene rings is 1. The highest BCUT2D eigenvalue weighted by Gasteiger charge is 2.06. The smallest absolute Gasteiger partial charge is 0.00208 e. The topological polar surface area (TPSA) is 0 Å². The molecule has 0 atom stereocenters. The maximum Gasteiger partial charge on any atom is -0.00208 e. The minimum Gasteiger partial charge on any atom is -0.152 e. The van der Waals surface area contributed by atoms with Crippen molar-refractivity contribution in [1.29, 1.82) is 0 Å². The van der Waals surface area contributed by atoms with Gasteiger partial charge in [-0.2, -0.15) is 11.3 Å². The largest absolute Gasteiger partial charge is 0.152 e. The second-order valence-corrected chi connectivity index (χ2v) is 5.41. The van der Waals surface area contributed by atoms with Crippen molar-refractivity contribution in [3.63, 3.8) is 0 Å². The van der Waals surface area contributed by atoms with E-state index in [4.69, 9.17) is 0 Å². The molecule has 0 saturated heterocycles. The van der Waals surface area contributed by atoms with E-state index in [9.17, 15) is 0 Å². The van der Waals surface area contributed by atoms with Gasteiger partial charge in [0.25, 0.3) is 0 Å². The molecule has 0 fully saturated rings. The van der Waals surface area contributed by atoms with Crippen molar-refractivity contribution in [3.8, 4) is 0 Å². The zero-order valence-electron chi connectivity index (χ0n) is 10.3. The summed E-state index contributed by atoms with van der Waals surface area (Å²) in [5.41, 5.74) is 5.45. The fourth-order valence-corrected chi connectivity index (χ4v) is 2.93. The van der Waals surface area contributed by atoms with Crippen LogP contribution in [0.3, 0.4) is 0 Å². The average Bonchev–Trinajstić information content (AvgIpc) is 3.10. The first-order valence-electron chi connectivity index (χ1n) is 6.41. The predicted molar refractivity (Wildman–Crippen MR) is 81.5 cm³/mol. The van der Waals surface area contributed by atoms with Gasteiger partial charge in [0.15, 0.2) is 0 Å².